The summed E-state index contributed by atoms with van der Waals surface area (Å²) in [5.74, 6) is 0. The zero-order valence-electron chi connectivity index (χ0n) is 12.1. The van der Waals surface area contributed by atoms with Crippen molar-refractivity contribution in [1.29, 1.82) is 0 Å². The van der Waals surface area contributed by atoms with Crippen molar-refractivity contribution in [1.82, 2.24) is 4.98 Å². The van der Waals surface area contributed by atoms with Crippen molar-refractivity contribution in [3.05, 3.63) is 66.4 Å². The molecule has 0 fully saturated rings. The standard InChI is InChI=1S/C20H13NS/c1-12-6-8-16-15(10-12)20-18(11-21-16)22-17-9-7-13-4-2-3-5-14(13)19(17)20/h2-11H,1H3. The van der Waals surface area contributed by atoms with Crippen LogP contribution < -0.4 is 0 Å². The second kappa shape index (κ2) is 4.28. The minimum Gasteiger partial charge on any atom is -0.255 e. The molecular formula is C20H13NS. The number of pyridine rings is 1. The van der Waals surface area contributed by atoms with Crippen LogP contribution in [0.2, 0.25) is 0 Å². The van der Waals surface area contributed by atoms with E-state index in [4.69, 9.17) is 0 Å². The zero-order valence-corrected chi connectivity index (χ0v) is 12.9. The van der Waals surface area contributed by atoms with Crippen molar-refractivity contribution in [3.8, 4) is 0 Å². The number of nitrogens with zero attached hydrogens (tertiary/aromatic N) is 1. The molecule has 1 nitrogen and oxygen atoms in total. The van der Waals surface area contributed by atoms with Gasteiger partial charge < -0.3 is 0 Å². The van der Waals surface area contributed by atoms with E-state index < -0.39 is 0 Å². The number of aryl methyl sites for hydroxylation is 1. The summed E-state index contributed by atoms with van der Waals surface area (Å²) < 4.78 is 2.61. The Morgan fingerprint density at radius 1 is 0.818 bits per heavy atom. The highest BCUT2D eigenvalue weighted by molar-refractivity contribution is 7.26. The molecule has 0 aliphatic heterocycles. The lowest BCUT2D eigenvalue weighted by molar-refractivity contribution is 1.43. The summed E-state index contributed by atoms with van der Waals surface area (Å²) in [6, 6.07) is 19.6. The Labute approximate surface area is 131 Å². The van der Waals surface area contributed by atoms with Gasteiger partial charge in [0.05, 0.1) is 10.2 Å². The molecule has 22 heavy (non-hydrogen) atoms. The SMILES string of the molecule is Cc1ccc2ncc3sc4ccc5ccccc5c4c3c2c1. The summed E-state index contributed by atoms with van der Waals surface area (Å²) in [6.45, 7) is 2.14. The molecule has 2 heteroatoms. The van der Waals surface area contributed by atoms with Gasteiger partial charge in [0, 0.05) is 27.1 Å². The summed E-state index contributed by atoms with van der Waals surface area (Å²) in [7, 11) is 0. The number of hydrogen-bond donors (Lipinski definition) is 0. The normalized spacial score (nSPS) is 11.9. The molecule has 5 aromatic rings. The summed E-state index contributed by atoms with van der Waals surface area (Å²) in [5.41, 5.74) is 2.35. The Morgan fingerprint density at radius 2 is 1.68 bits per heavy atom. The lowest BCUT2D eigenvalue weighted by Gasteiger charge is -2.04. The van der Waals surface area contributed by atoms with Gasteiger partial charge >= 0.3 is 0 Å². The van der Waals surface area contributed by atoms with Gasteiger partial charge in [-0.05, 0) is 35.9 Å². The van der Waals surface area contributed by atoms with Crippen molar-refractivity contribution in [2.75, 3.05) is 0 Å². The lowest BCUT2D eigenvalue weighted by Crippen LogP contribution is -1.81. The van der Waals surface area contributed by atoms with E-state index in [1.165, 1.54) is 41.9 Å². The first kappa shape index (κ1) is 12.1. The third-order valence-electron chi connectivity index (χ3n) is 4.35. The number of hydrogen-bond acceptors (Lipinski definition) is 2. The van der Waals surface area contributed by atoms with Gasteiger partial charge in [0.1, 0.15) is 0 Å². The van der Waals surface area contributed by atoms with Crippen LogP contribution in [0.15, 0.2) is 60.8 Å². The summed E-state index contributed by atoms with van der Waals surface area (Å²) >= 11 is 1.83. The van der Waals surface area contributed by atoms with E-state index in [1.54, 1.807) is 0 Å². The Balaban J connectivity index is 2.16. The van der Waals surface area contributed by atoms with Crippen molar-refractivity contribution >= 4 is 53.2 Å². The maximum Gasteiger partial charge on any atom is 0.0709 e. The van der Waals surface area contributed by atoms with Crippen LogP contribution in [0.5, 0.6) is 0 Å². The molecule has 0 saturated carbocycles. The second-order valence-electron chi connectivity index (χ2n) is 5.78. The van der Waals surface area contributed by atoms with E-state index in [-0.39, 0.29) is 0 Å². The summed E-state index contributed by atoms with van der Waals surface area (Å²) in [6.07, 6.45) is 2.02. The molecule has 0 saturated heterocycles. The smallest absolute Gasteiger partial charge is 0.0709 e. The van der Waals surface area contributed by atoms with Gasteiger partial charge in [0.25, 0.3) is 0 Å². The molecule has 0 aliphatic carbocycles. The summed E-state index contributed by atoms with van der Waals surface area (Å²) in [4.78, 5) is 4.64. The van der Waals surface area contributed by atoms with Crippen molar-refractivity contribution < 1.29 is 0 Å². The molecule has 2 aromatic heterocycles. The molecule has 0 atom stereocenters. The molecule has 0 N–H and O–H groups in total. The largest absolute Gasteiger partial charge is 0.255 e. The molecular weight excluding hydrogens is 286 g/mol. The van der Waals surface area contributed by atoms with Crippen LogP contribution in [0.4, 0.5) is 0 Å². The van der Waals surface area contributed by atoms with Crippen LogP contribution in [-0.4, -0.2) is 4.98 Å². The van der Waals surface area contributed by atoms with E-state index in [1.807, 2.05) is 17.5 Å². The highest BCUT2D eigenvalue weighted by Crippen LogP contribution is 2.41. The fourth-order valence-corrected chi connectivity index (χ4v) is 4.44. The molecule has 2 heterocycles. The van der Waals surface area contributed by atoms with Crippen molar-refractivity contribution in [2.45, 2.75) is 6.92 Å². The molecule has 0 radical (unpaired) electrons. The van der Waals surface area contributed by atoms with Crippen LogP contribution in [0.1, 0.15) is 5.56 Å². The van der Waals surface area contributed by atoms with E-state index >= 15 is 0 Å². The third-order valence-corrected chi connectivity index (χ3v) is 5.44. The second-order valence-corrected chi connectivity index (χ2v) is 6.86. The molecule has 3 aromatic carbocycles. The average molecular weight is 299 g/mol. The first-order valence-corrected chi connectivity index (χ1v) is 8.22. The molecule has 104 valence electrons. The van der Waals surface area contributed by atoms with Gasteiger partial charge in [0.2, 0.25) is 0 Å². The predicted molar refractivity (Wildman–Crippen MR) is 96.9 cm³/mol. The minimum absolute atomic E-state index is 1.07. The molecule has 0 bridgehead atoms. The van der Waals surface area contributed by atoms with Crippen molar-refractivity contribution in [2.24, 2.45) is 0 Å². The highest BCUT2D eigenvalue weighted by atomic mass is 32.1. The Bertz CT molecular complexity index is 1180. The van der Waals surface area contributed by atoms with Crippen LogP contribution in [-0.2, 0) is 0 Å². The summed E-state index contributed by atoms with van der Waals surface area (Å²) in [5, 5.41) is 6.62. The van der Waals surface area contributed by atoms with Gasteiger partial charge in [-0.1, -0.05) is 42.0 Å². The van der Waals surface area contributed by atoms with Gasteiger partial charge in [0.15, 0.2) is 0 Å². The number of fused-ring (bicyclic) bond motifs is 7. The molecule has 0 aliphatic rings. The zero-order chi connectivity index (χ0) is 14.7. The highest BCUT2D eigenvalue weighted by Gasteiger charge is 2.12. The number of rotatable bonds is 0. The molecule has 0 unspecified atom stereocenters. The van der Waals surface area contributed by atoms with Crippen LogP contribution in [0, 0.1) is 6.92 Å². The maximum absolute atomic E-state index is 4.64. The minimum atomic E-state index is 1.07. The Morgan fingerprint density at radius 3 is 2.64 bits per heavy atom. The van der Waals surface area contributed by atoms with Crippen LogP contribution in [0.25, 0.3) is 41.8 Å². The Hall–Kier alpha value is -2.45. The average Bonchev–Trinajstić information content (AvgIpc) is 2.94. The fourth-order valence-electron chi connectivity index (χ4n) is 3.34. The molecule has 0 amide bonds. The quantitative estimate of drug-likeness (QED) is 0.338. The van der Waals surface area contributed by atoms with Gasteiger partial charge in [-0.25, -0.2) is 0 Å². The first-order chi connectivity index (χ1) is 10.8. The molecule has 5 rings (SSSR count). The number of benzene rings is 3. The van der Waals surface area contributed by atoms with Gasteiger partial charge in [-0.3, -0.25) is 4.98 Å². The van der Waals surface area contributed by atoms with Crippen molar-refractivity contribution in [3.63, 3.8) is 0 Å². The lowest BCUT2D eigenvalue weighted by atomic mass is 10.0. The maximum atomic E-state index is 4.64. The van der Waals surface area contributed by atoms with Gasteiger partial charge in [-0.2, -0.15) is 0 Å². The predicted octanol–water partition coefficient (Wildman–Crippen LogP) is 6.06. The first-order valence-electron chi connectivity index (χ1n) is 7.40. The third kappa shape index (κ3) is 1.56. The topological polar surface area (TPSA) is 12.9 Å². The fraction of sp³-hybridized carbons (Fsp3) is 0.0500. The van der Waals surface area contributed by atoms with Crippen LogP contribution >= 0.6 is 11.3 Å². The van der Waals surface area contributed by atoms with Crippen LogP contribution in [0.3, 0.4) is 0 Å². The number of thiophene rings is 1. The van der Waals surface area contributed by atoms with Gasteiger partial charge in [-0.15, -0.1) is 11.3 Å². The van der Waals surface area contributed by atoms with E-state index in [2.05, 4.69) is 66.5 Å². The van der Waals surface area contributed by atoms with E-state index in [0.717, 1.165) is 5.52 Å². The monoisotopic (exact) mass is 299 g/mol. The van der Waals surface area contributed by atoms with E-state index in [9.17, 15) is 0 Å². The Kier molecular flexibility index (Phi) is 2.36. The molecule has 0 spiro atoms. The number of aromatic nitrogens is 1. The van der Waals surface area contributed by atoms with E-state index in [0.29, 0.717) is 0 Å².